The van der Waals surface area contributed by atoms with E-state index in [1.165, 1.54) is 25.7 Å². The van der Waals surface area contributed by atoms with E-state index < -0.39 is 0 Å². The molecule has 1 saturated carbocycles. The monoisotopic (exact) mass is 213 g/mol. The van der Waals surface area contributed by atoms with Crippen molar-refractivity contribution in [3.05, 3.63) is 11.6 Å². The number of hydrogen-bond acceptors (Lipinski definition) is 2. The van der Waals surface area contributed by atoms with Crippen molar-refractivity contribution in [1.82, 2.24) is 14.8 Å². The van der Waals surface area contributed by atoms with E-state index in [1.807, 2.05) is 4.57 Å². The molecule has 1 fully saturated rings. The molecule has 2 rings (SSSR count). The fourth-order valence-corrected chi connectivity index (χ4v) is 2.44. The van der Waals surface area contributed by atoms with Crippen LogP contribution in [-0.4, -0.2) is 14.8 Å². The van der Waals surface area contributed by atoms with Gasteiger partial charge in [-0.15, -0.1) is 10.2 Å². The molecule has 2 atom stereocenters. The summed E-state index contributed by atoms with van der Waals surface area (Å²) < 4.78 is 1.95. The average molecular weight is 214 g/mol. The van der Waals surface area contributed by atoms with E-state index >= 15 is 0 Å². The minimum absolute atomic E-state index is 0.516. The topological polar surface area (TPSA) is 30.7 Å². The predicted octanol–water partition coefficient (Wildman–Crippen LogP) is 2.76. The molecule has 14 heavy (non-hydrogen) atoms. The predicted molar refractivity (Wildman–Crippen MR) is 56.2 cm³/mol. The highest BCUT2D eigenvalue weighted by Gasteiger charge is 2.22. The Bertz CT molecular complexity index is 297. The van der Waals surface area contributed by atoms with Gasteiger partial charge in [-0.05, 0) is 29.9 Å². The largest absolute Gasteiger partial charge is 0.304 e. The number of hydrogen-bond donors (Lipinski definition) is 0. The molecule has 0 saturated heterocycles. The van der Waals surface area contributed by atoms with E-state index in [-0.39, 0.29) is 0 Å². The zero-order valence-corrected chi connectivity index (χ0v) is 9.24. The van der Waals surface area contributed by atoms with Crippen LogP contribution >= 0.6 is 11.6 Å². The standard InChI is InChI=1S/C10H16ClN3/c1-8-4-2-3-5-9(8)6-14-7-12-13-10(14)11/h7-9H,2-6H2,1H3. The summed E-state index contributed by atoms with van der Waals surface area (Å²) in [5.41, 5.74) is 0. The van der Waals surface area contributed by atoms with Gasteiger partial charge < -0.3 is 4.57 Å². The Morgan fingerprint density at radius 3 is 2.93 bits per heavy atom. The maximum atomic E-state index is 5.90. The second-order valence-corrected chi connectivity index (χ2v) is 4.61. The van der Waals surface area contributed by atoms with Gasteiger partial charge in [0.1, 0.15) is 6.33 Å². The molecule has 2 unspecified atom stereocenters. The highest BCUT2D eigenvalue weighted by atomic mass is 35.5. The van der Waals surface area contributed by atoms with Crippen molar-refractivity contribution >= 4 is 11.6 Å². The van der Waals surface area contributed by atoms with Crippen molar-refractivity contribution in [2.45, 2.75) is 39.2 Å². The fourth-order valence-electron chi connectivity index (χ4n) is 2.28. The summed E-state index contributed by atoms with van der Waals surface area (Å²) in [4.78, 5) is 0. The van der Waals surface area contributed by atoms with Gasteiger partial charge in [-0.2, -0.15) is 0 Å². The Labute approximate surface area is 89.5 Å². The molecular formula is C10H16ClN3. The molecular weight excluding hydrogens is 198 g/mol. The summed E-state index contributed by atoms with van der Waals surface area (Å²) in [6.07, 6.45) is 7.13. The van der Waals surface area contributed by atoms with Crippen LogP contribution in [-0.2, 0) is 6.54 Å². The summed E-state index contributed by atoms with van der Waals surface area (Å²) >= 11 is 5.90. The molecule has 1 heterocycles. The number of halogens is 1. The van der Waals surface area contributed by atoms with Crippen LogP contribution in [0.25, 0.3) is 0 Å². The van der Waals surface area contributed by atoms with Crippen LogP contribution in [0.4, 0.5) is 0 Å². The molecule has 1 aromatic rings. The molecule has 0 N–H and O–H groups in total. The lowest BCUT2D eigenvalue weighted by atomic mass is 9.80. The third-order valence-electron chi connectivity index (χ3n) is 3.29. The van der Waals surface area contributed by atoms with E-state index in [9.17, 15) is 0 Å². The summed E-state index contributed by atoms with van der Waals surface area (Å²) in [7, 11) is 0. The van der Waals surface area contributed by atoms with E-state index in [4.69, 9.17) is 11.6 Å². The summed E-state index contributed by atoms with van der Waals surface area (Å²) in [5.74, 6) is 1.56. The Morgan fingerprint density at radius 2 is 2.29 bits per heavy atom. The molecule has 0 aromatic carbocycles. The van der Waals surface area contributed by atoms with E-state index in [0.717, 1.165) is 18.4 Å². The van der Waals surface area contributed by atoms with Crippen LogP contribution in [0, 0.1) is 11.8 Å². The third-order valence-corrected chi connectivity index (χ3v) is 3.58. The lowest BCUT2D eigenvalue weighted by Crippen LogP contribution is -2.21. The maximum Gasteiger partial charge on any atom is 0.224 e. The summed E-state index contributed by atoms with van der Waals surface area (Å²) in [6, 6.07) is 0. The highest BCUT2D eigenvalue weighted by Crippen LogP contribution is 2.31. The van der Waals surface area contributed by atoms with Gasteiger partial charge in [0, 0.05) is 6.54 Å². The SMILES string of the molecule is CC1CCCCC1Cn1cnnc1Cl. The van der Waals surface area contributed by atoms with Crippen LogP contribution in [0.5, 0.6) is 0 Å². The third kappa shape index (κ3) is 2.08. The van der Waals surface area contributed by atoms with Gasteiger partial charge in [0.05, 0.1) is 0 Å². The minimum Gasteiger partial charge on any atom is -0.304 e. The first kappa shape index (κ1) is 9.97. The first-order valence-electron chi connectivity index (χ1n) is 5.30. The Balaban J connectivity index is 1.99. The highest BCUT2D eigenvalue weighted by molar-refractivity contribution is 6.28. The van der Waals surface area contributed by atoms with Crippen LogP contribution in [0.15, 0.2) is 6.33 Å². The molecule has 1 aliphatic rings. The van der Waals surface area contributed by atoms with Gasteiger partial charge >= 0.3 is 0 Å². The Kier molecular flexibility index (Phi) is 3.06. The number of aromatic nitrogens is 3. The van der Waals surface area contributed by atoms with Crippen LogP contribution < -0.4 is 0 Å². The molecule has 0 aliphatic heterocycles. The van der Waals surface area contributed by atoms with Gasteiger partial charge in [0.25, 0.3) is 0 Å². The van der Waals surface area contributed by atoms with Gasteiger partial charge in [0.2, 0.25) is 5.28 Å². The second-order valence-electron chi connectivity index (χ2n) is 4.27. The van der Waals surface area contributed by atoms with Crippen molar-refractivity contribution in [3.63, 3.8) is 0 Å². The lowest BCUT2D eigenvalue weighted by molar-refractivity contribution is 0.228. The number of nitrogens with zero attached hydrogens (tertiary/aromatic N) is 3. The summed E-state index contributed by atoms with van der Waals surface area (Å²) in [5, 5.41) is 8.10. The molecule has 0 bridgehead atoms. The zero-order chi connectivity index (χ0) is 9.97. The van der Waals surface area contributed by atoms with Gasteiger partial charge in [-0.1, -0.05) is 26.2 Å². The normalized spacial score (nSPS) is 27.9. The van der Waals surface area contributed by atoms with E-state index in [0.29, 0.717) is 5.28 Å². The lowest BCUT2D eigenvalue weighted by Gasteiger charge is -2.28. The quantitative estimate of drug-likeness (QED) is 0.757. The van der Waals surface area contributed by atoms with Crippen molar-refractivity contribution in [2.24, 2.45) is 11.8 Å². The van der Waals surface area contributed by atoms with Crippen LogP contribution in [0.3, 0.4) is 0 Å². The van der Waals surface area contributed by atoms with Crippen molar-refractivity contribution in [2.75, 3.05) is 0 Å². The molecule has 0 amide bonds. The minimum atomic E-state index is 0.516. The molecule has 0 spiro atoms. The maximum absolute atomic E-state index is 5.90. The summed E-state index contributed by atoms with van der Waals surface area (Å²) in [6.45, 7) is 3.31. The van der Waals surface area contributed by atoms with E-state index in [2.05, 4.69) is 17.1 Å². The first-order chi connectivity index (χ1) is 6.77. The van der Waals surface area contributed by atoms with Crippen molar-refractivity contribution in [1.29, 1.82) is 0 Å². The van der Waals surface area contributed by atoms with Gasteiger partial charge in [-0.3, -0.25) is 0 Å². The average Bonchev–Trinajstić information content (AvgIpc) is 2.56. The Morgan fingerprint density at radius 1 is 1.50 bits per heavy atom. The van der Waals surface area contributed by atoms with Crippen molar-refractivity contribution < 1.29 is 0 Å². The Hall–Kier alpha value is -0.570. The number of rotatable bonds is 2. The fraction of sp³-hybridized carbons (Fsp3) is 0.800. The molecule has 4 heteroatoms. The first-order valence-corrected chi connectivity index (χ1v) is 5.68. The molecule has 1 aromatic heterocycles. The van der Waals surface area contributed by atoms with Gasteiger partial charge in [-0.25, -0.2) is 0 Å². The van der Waals surface area contributed by atoms with Crippen LogP contribution in [0.2, 0.25) is 5.28 Å². The smallest absolute Gasteiger partial charge is 0.224 e. The van der Waals surface area contributed by atoms with Gasteiger partial charge in [0.15, 0.2) is 0 Å². The molecule has 1 aliphatic carbocycles. The molecule has 0 radical (unpaired) electrons. The van der Waals surface area contributed by atoms with E-state index in [1.54, 1.807) is 6.33 Å². The molecule has 3 nitrogen and oxygen atoms in total. The molecule has 78 valence electrons. The van der Waals surface area contributed by atoms with Crippen molar-refractivity contribution in [3.8, 4) is 0 Å². The second kappa shape index (κ2) is 4.30. The zero-order valence-electron chi connectivity index (χ0n) is 8.49. The van der Waals surface area contributed by atoms with Crippen LogP contribution in [0.1, 0.15) is 32.6 Å².